The normalized spacial score (nSPS) is 11.4. The van der Waals surface area contributed by atoms with Crippen LogP contribution in [-0.4, -0.2) is 26.6 Å². The summed E-state index contributed by atoms with van der Waals surface area (Å²) in [5.74, 6) is 0.582. The standard InChI is InChI=1S/C25H25F2N5O2/c26-25(27)34-23-11-6-20(7-12-23)8-13-24-30-22(18-33-24)17-28-21-9-4-19(5-10-21)3-1-2-15-32-16-14-29-31-32/h4-14,16,18,25,28H,1-3,15,17H2/b13-8+. The number of unbranched alkanes of at least 4 members (excludes halogenated alkanes) is 1. The third kappa shape index (κ3) is 7.26. The quantitative estimate of drug-likeness (QED) is 0.272. The number of halogens is 2. The van der Waals surface area contributed by atoms with E-state index in [0.717, 1.165) is 42.8 Å². The van der Waals surface area contributed by atoms with Gasteiger partial charge in [-0.2, -0.15) is 8.78 Å². The molecule has 4 rings (SSSR count). The van der Waals surface area contributed by atoms with Crippen LogP contribution in [0.2, 0.25) is 0 Å². The van der Waals surface area contributed by atoms with Crippen molar-refractivity contribution < 1.29 is 17.9 Å². The summed E-state index contributed by atoms with van der Waals surface area (Å²) < 4.78 is 36.1. The molecule has 0 radical (unpaired) electrons. The van der Waals surface area contributed by atoms with Crippen LogP contribution in [0.5, 0.6) is 5.75 Å². The van der Waals surface area contributed by atoms with Crippen LogP contribution >= 0.6 is 0 Å². The topological polar surface area (TPSA) is 78.0 Å². The summed E-state index contributed by atoms with van der Waals surface area (Å²) in [6.45, 7) is -1.41. The zero-order valence-electron chi connectivity index (χ0n) is 18.5. The van der Waals surface area contributed by atoms with Crippen molar-refractivity contribution in [1.82, 2.24) is 20.0 Å². The smallest absolute Gasteiger partial charge is 0.387 e. The lowest BCUT2D eigenvalue weighted by Crippen LogP contribution is -2.01. The van der Waals surface area contributed by atoms with Gasteiger partial charge in [0.15, 0.2) is 0 Å². The molecule has 176 valence electrons. The number of nitrogens with zero attached hydrogens (tertiary/aromatic N) is 4. The third-order valence-electron chi connectivity index (χ3n) is 5.10. The van der Waals surface area contributed by atoms with Crippen LogP contribution < -0.4 is 10.1 Å². The van der Waals surface area contributed by atoms with Crippen molar-refractivity contribution in [1.29, 1.82) is 0 Å². The highest BCUT2D eigenvalue weighted by Gasteiger charge is 2.04. The lowest BCUT2D eigenvalue weighted by molar-refractivity contribution is -0.0498. The van der Waals surface area contributed by atoms with Crippen molar-refractivity contribution in [2.45, 2.75) is 39.0 Å². The Morgan fingerprint density at radius 3 is 2.59 bits per heavy atom. The predicted molar refractivity (Wildman–Crippen MR) is 125 cm³/mol. The number of alkyl halides is 2. The molecule has 4 aromatic rings. The van der Waals surface area contributed by atoms with Crippen molar-refractivity contribution in [3.8, 4) is 5.75 Å². The molecule has 1 N–H and O–H groups in total. The molecule has 2 heterocycles. The van der Waals surface area contributed by atoms with E-state index in [1.54, 1.807) is 36.7 Å². The number of nitrogens with one attached hydrogen (secondary N) is 1. The molecule has 0 fully saturated rings. The molecule has 0 aliphatic carbocycles. The lowest BCUT2D eigenvalue weighted by Gasteiger charge is -2.06. The van der Waals surface area contributed by atoms with Crippen molar-refractivity contribution in [3.05, 3.63) is 89.9 Å². The number of hydrogen-bond acceptors (Lipinski definition) is 6. The molecule has 2 aromatic carbocycles. The summed E-state index contributed by atoms with van der Waals surface area (Å²) >= 11 is 0. The van der Waals surface area contributed by atoms with Gasteiger partial charge in [0.2, 0.25) is 5.89 Å². The van der Waals surface area contributed by atoms with Crippen LogP contribution in [-0.2, 0) is 19.5 Å². The number of oxazole rings is 1. The fourth-order valence-electron chi connectivity index (χ4n) is 3.35. The zero-order chi connectivity index (χ0) is 23.6. The van der Waals surface area contributed by atoms with Gasteiger partial charge in [-0.15, -0.1) is 5.10 Å². The van der Waals surface area contributed by atoms with Crippen LogP contribution in [0.3, 0.4) is 0 Å². The van der Waals surface area contributed by atoms with E-state index in [1.165, 1.54) is 17.7 Å². The summed E-state index contributed by atoms with van der Waals surface area (Å²) in [5, 5.41) is 11.1. The maximum absolute atomic E-state index is 12.2. The average Bonchev–Trinajstić information content (AvgIpc) is 3.53. The van der Waals surface area contributed by atoms with Gasteiger partial charge in [0.1, 0.15) is 12.0 Å². The Labute approximate surface area is 196 Å². The Balaban J connectivity index is 1.20. The van der Waals surface area contributed by atoms with Gasteiger partial charge < -0.3 is 14.5 Å². The van der Waals surface area contributed by atoms with Gasteiger partial charge in [-0.05, 0) is 60.7 Å². The Morgan fingerprint density at radius 2 is 1.85 bits per heavy atom. The van der Waals surface area contributed by atoms with Crippen LogP contribution in [0.15, 0.2) is 71.6 Å². The fourth-order valence-corrected chi connectivity index (χ4v) is 3.35. The maximum atomic E-state index is 12.2. The second kappa shape index (κ2) is 11.7. The van der Waals surface area contributed by atoms with E-state index < -0.39 is 6.61 Å². The van der Waals surface area contributed by atoms with Gasteiger partial charge in [0.25, 0.3) is 0 Å². The highest BCUT2D eigenvalue weighted by molar-refractivity contribution is 5.66. The second-order valence-corrected chi connectivity index (χ2v) is 7.63. The number of aromatic nitrogens is 4. The average molecular weight is 466 g/mol. The minimum Gasteiger partial charge on any atom is -0.445 e. The van der Waals surface area contributed by atoms with Crippen molar-refractivity contribution in [3.63, 3.8) is 0 Å². The van der Waals surface area contributed by atoms with E-state index >= 15 is 0 Å². The molecule has 2 aromatic heterocycles. The molecule has 0 saturated heterocycles. The molecule has 0 amide bonds. The van der Waals surface area contributed by atoms with Crippen LogP contribution in [0.25, 0.3) is 12.2 Å². The molecule has 0 atom stereocenters. The predicted octanol–water partition coefficient (Wildman–Crippen LogP) is 5.67. The number of anilines is 1. The lowest BCUT2D eigenvalue weighted by atomic mass is 10.1. The third-order valence-corrected chi connectivity index (χ3v) is 5.10. The number of rotatable bonds is 12. The Morgan fingerprint density at radius 1 is 1.03 bits per heavy atom. The first-order valence-corrected chi connectivity index (χ1v) is 11.0. The van der Waals surface area contributed by atoms with E-state index in [1.807, 2.05) is 10.9 Å². The van der Waals surface area contributed by atoms with Gasteiger partial charge in [-0.1, -0.05) is 29.5 Å². The molecule has 0 spiro atoms. The van der Waals surface area contributed by atoms with E-state index in [9.17, 15) is 8.78 Å². The number of benzene rings is 2. The molecule has 0 saturated carbocycles. The van der Waals surface area contributed by atoms with E-state index in [2.05, 4.69) is 49.6 Å². The number of aryl methyl sites for hydroxylation is 2. The van der Waals surface area contributed by atoms with Gasteiger partial charge in [-0.3, -0.25) is 4.68 Å². The summed E-state index contributed by atoms with van der Waals surface area (Å²) in [4.78, 5) is 4.43. The first-order valence-electron chi connectivity index (χ1n) is 11.0. The van der Waals surface area contributed by atoms with Crippen LogP contribution in [0.1, 0.15) is 35.6 Å². The summed E-state index contributed by atoms with van der Waals surface area (Å²) in [7, 11) is 0. The van der Waals surface area contributed by atoms with Gasteiger partial charge in [-0.25, -0.2) is 4.98 Å². The first kappa shape index (κ1) is 23.2. The molecule has 9 heteroatoms. The molecule has 0 aliphatic heterocycles. The minimum absolute atomic E-state index is 0.118. The molecule has 7 nitrogen and oxygen atoms in total. The number of hydrogen-bond donors (Lipinski definition) is 1. The van der Waals surface area contributed by atoms with Gasteiger partial charge in [0.05, 0.1) is 18.4 Å². The van der Waals surface area contributed by atoms with E-state index in [4.69, 9.17) is 4.42 Å². The molecule has 34 heavy (non-hydrogen) atoms. The highest BCUT2D eigenvalue weighted by atomic mass is 19.3. The van der Waals surface area contributed by atoms with E-state index in [0.29, 0.717) is 12.4 Å². The largest absolute Gasteiger partial charge is 0.445 e. The van der Waals surface area contributed by atoms with E-state index in [-0.39, 0.29) is 5.75 Å². The second-order valence-electron chi connectivity index (χ2n) is 7.63. The molecular weight excluding hydrogens is 440 g/mol. The monoisotopic (exact) mass is 465 g/mol. The molecule has 0 bridgehead atoms. The summed E-state index contributed by atoms with van der Waals surface area (Å²) in [6.07, 6.45) is 11.9. The summed E-state index contributed by atoms with van der Waals surface area (Å²) in [5.41, 5.74) is 3.90. The SMILES string of the molecule is FC(F)Oc1ccc(/C=C/c2nc(CNc3ccc(CCCCn4ccnn4)cc3)co2)cc1. The molecular formula is C25H25F2N5O2. The molecule has 0 unspecified atom stereocenters. The molecule has 0 aliphatic rings. The zero-order valence-corrected chi connectivity index (χ0v) is 18.5. The van der Waals surface area contributed by atoms with Gasteiger partial charge >= 0.3 is 6.61 Å². The van der Waals surface area contributed by atoms with Crippen LogP contribution in [0, 0.1) is 0 Å². The maximum Gasteiger partial charge on any atom is 0.387 e. The number of ether oxygens (including phenoxy) is 1. The summed E-state index contributed by atoms with van der Waals surface area (Å²) in [6, 6.07) is 14.7. The fraction of sp³-hybridized carbons (Fsp3) is 0.240. The van der Waals surface area contributed by atoms with Gasteiger partial charge in [0, 0.05) is 24.5 Å². The van der Waals surface area contributed by atoms with Crippen molar-refractivity contribution in [2.75, 3.05) is 5.32 Å². The van der Waals surface area contributed by atoms with Crippen molar-refractivity contribution >= 4 is 17.8 Å². The Hall–Kier alpha value is -4.01. The highest BCUT2D eigenvalue weighted by Crippen LogP contribution is 2.17. The minimum atomic E-state index is -2.83. The Bertz CT molecular complexity index is 1160. The first-order chi connectivity index (χ1) is 16.6. The van der Waals surface area contributed by atoms with Crippen molar-refractivity contribution in [2.24, 2.45) is 0 Å². The van der Waals surface area contributed by atoms with Crippen LogP contribution in [0.4, 0.5) is 14.5 Å². The Kier molecular flexibility index (Phi) is 7.99.